The predicted molar refractivity (Wildman–Crippen MR) is 112 cm³/mol. The van der Waals surface area contributed by atoms with Gasteiger partial charge in [-0.3, -0.25) is 19.4 Å². The zero-order valence-corrected chi connectivity index (χ0v) is 16.8. The third kappa shape index (κ3) is 5.19. The van der Waals surface area contributed by atoms with Crippen molar-refractivity contribution in [2.24, 2.45) is 0 Å². The normalized spacial score (nSPS) is 16.2. The Kier molecular flexibility index (Phi) is 6.59. The van der Waals surface area contributed by atoms with Crippen LogP contribution in [0.2, 0.25) is 0 Å². The van der Waals surface area contributed by atoms with Gasteiger partial charge in [0.1, 0.15) is 5.69 Å². The molecule has 1 aromatic heterocycles. The highest BCUT2D eigenvalue weighted by Crippen LogP contribution is 2.22. The Morgan fingerprint density at radius 2 is 1.76 bits per heavy atom. The minimum Gasteiger partial charge on any atom is -0.336 e. The van der Waals surface area contributed by atoms with E-state index in [9.17, 15) is 14.4 Å². The number of amides is 3. The van der Waals surface area contributed by atoms with Gasteiger partial charge in [0.05, 0.1) is 0 Å². The molecule has 2 aromatic rings. The molecule has 0 aliphatic carbocycles. The van der Waals surface area contributed by atoms with Crippen molar-refractivity contribution in [3.8, 4) is 0 Å². The molecule has 2 N–H and O–H groups in total. The van der Waals surface area contributed by atoms with E-state index >= 15 is 0 Å². The third-order valence-corrected chi connectivity index (χ3v) is 5.06. The van der Waals surface area contributed by atoms with Crippen LogP contribution in [-0.2, 0) is 4.79 Å². The Morgan fingerprint density at radius 3 is 2.41 bits per heavy atom. The maximum absolute atomic E-state index is 13.0. The zero-order chi connectivity index (χ0) is 20.8. The lowest BCUT2D eigenvalue weighted by Crippen LogP contribution is -2.43. The van der Waals surface area contributed by atoms with Gasteiger partial charge in [0.2, 0.25) is 5.91 Å². The maximum Gasteiger partial charge on any atom is 0.274 e. The quantitative estimate of drug-likeness (QED) is 0.809. The van der Waals surface area contributed by atoms with Crippen LogP contribution in [0.3, 0.4) is 0 Å². The number of anilines is 2. The van der Waals surface area contributed by atoms with Gasteiger partial charge in [-0.05, 0) is 62.1 Å². The molecule has 0 spiro atoms. The van der Waals surface area contributed by atoms with Crippen molar-refractivity contribution in [2.45, 2.75) is 45.6 Å². The van der Waals surface area contributed by atoms with Crippen molar-refractivity contribution in [2.75, 3.05) is 17.2 Å². The van der Waals surface area contributed by atoms with Gasteiger partial charge < -0.3 is 15.5 Å². The first-order valence-electron chi connectivity index (χ1n) is 9.94. The van der Waals surface area contributed by atoms with E-state index in [0.717, 1.165) is 32.2 Å². The van der Waals surface area contributed by atoms with Crippen LogP contribution in [0.4, 0.5) is 11.4 Å². The number of piperidine rings is 1. The Labute approximate surface area is 170 Å². The standard InChI is InChI=1S/C22H26N4O3/c1-3-19-6-4-5-13-26(19)22(29)16-11-12-23-20(14-16)21(28)25-18-9-7-17(8-10-18)24-15(2)27/h7-12,14,19H,3-6,13H2,1-2H3,(H,24,27)(H,25,28). The van der Waals surface area contributed by atoms with Crippen LogP contribution in [0.1, 0.15) is 60.4 Å². The lowest BCUT2D eigenvalue weighted by Gasteiger charge is -2.35. The van der Waals surface area contributed by atoms with Crippen molar-refractivity contribution >= 4 is 29.1 Å². The van der Waals surface area contributed by atoms with E-state index in [-0.39, 0.29) is 23.6 Å². The zero-order valence-electron chi connectivity index (χ0n) is 16.8. The summed E-state index contributed by atoms with van der Waals surface area (Å²) in [5, 5.41) is 5.44. The molecular weight excluding hydrogens is 368 g/mol. The minimum atomic E-state index is -0.391. The van der Waals surface area contributed by atoms with Crippen LogP contribution >= 0.6 is 0 Å². The van der Waals surface area contributed by atoms with E-state index in [1.165, 1.54) is 13.1 Å². The molecule has 1 atom stereocenters. The summed E-state index contributed by atoms with van der Waals surface area (Å²) in [4.78, 5) is 42.7. The molecule has 2 heterocycles. The SMILES string of the molecule is CCC1CCCCN1C(=O)c1ccnc(C(=O)Nc2ccc(NC(C)=O)cc2)c1. The molecule has 29 heavy (non-hydrogen) atoms. The van der Waals surface area contributed by atoms with Gasteiger partial charge >= 0.3 is 0 Å². The number of hydrogen-bond acceptors (Lipinski definition) is 4. The van der Waals surface area contributed by atoms with E-state index in [0.29, 0.717) is 16.9 Å². The molecule has 7 nitrogen and oxygen atoms in total. The average molecular weight is 394 g/mol. The summed E-state index contributed by atoms with van der Waals surface area (Å²) in [6.07, 6.45) is 5.60. The van der Waals surface area contributed by atoms with Crippen molar-refractivity contribution in [1.82, 2.24) is 9.88 Å². The summed E-state index contributed by atoms with van der Waals surface area (Å²) in [5.74, 6) is -0.600. The Bertz CT molecular complexity index is 895. The van der Waals surface area contributed by atoms with Crippen molar-refractivity contribution in [3.63, 3.8) is 0 Å². The molecule has 152 valence electrons. The molecule has 1 fully saturated rings. The van der Waals surface area contributed by atoms with Gasteiger partial charge in [-0.1, -0.05) is 6.92 Å². The molecule has 3 amide bonds. The molecule has 1 saturated heterocycles. The molecule has 0 radical (unpaired) electrons. The summed E-state index contributed by atoms with van der Waals surface area (Å²) in [5.41, 5.74) is 1.89. The number of nitrogens with zero attached hydrogens (tertiary/aromatic N) is 2. The monoisotopic (exact) mass is 394 g/mol. The summed E-state index contributed by atoms with van der Waals surface area (Å²) < 4.78 is 0. The Balaban J connectivity index is 1.70. The number of likely N-dealkylation sites (tertiary alicyclic amines) is 1. The molecule has 0 saturated carbocycles. The molecule has 1 unspecified atom stereocenters. The largest absolute Gasteiger partial charge is 0.336 e. The van der Waals surface area contributed by atoms with Crippen LogP contribution in [0.5, 0.6) is 0 Å². The van der Waals surface area contributed by atoms with E-state index in [1.807, 2.05) is 4.90 Å². The van der Waals surface area contributed by atoms with Gasteiger partial charge in [-0.25, -0.2) is 0 Å². The van der Waals surface area contributed by atoms with Crippen molar-refractivity contribution in [1.29, 1.82) is 0 Å². The number of pyridine rings is 1. The van der Waals surface area contributed by atoms with E-state index in [2.05, 4.69) is 22.5 Å². The van der Waals surface area contributed by atoms with Crippen LogP contribution < -0.4 is 10.6 Å². The Morgan fingerprint density at radius 1 is 1.07 bits per heavy atom. The third-order valence-electron chi connectivity index (χ3n) is 5.06. The molecule has 3 rings (SSSR count). The molecule has 0 bridgehead atoms. The summed E-state index contributed by atoms with van der Waals surface area (Å²) >= 11 is 0. The molecule has 1 aromatic carbocycles. The highest BCUT2D eigenvalue weighted by molar-refractivity contribution is 6.05. The van der Waals surface area contributed by atoms with Crippen molar-refractivity contribution in [3.05, 3.63) is 53.9 Å². The number of aromatic nitrogens is 1. The highest BCUT2D eigenvalue weighted by atomic mass is 16.2. The average Bonchev–Trinajstić information content (AvgIpc) is 2.74. The second-order valence-electron chi connectivity index (χ2n) is 7.20. The number of rotatable bonds is 5. The van der Waals surface area contributed by atoms with Crippen LogP contribution in [0.15, 0.2) is 42.6 Å². The van der Waals surface area contributed by atoms with Crippen LogP contribution in [-0.4, -0.2) is 40.2 Å². The van der Waals surface area contributed by atoms with Gasteiger partial charge in [0, 0.05) is 42.6 Å². The lowest BCUT2D eigenvalue weighted by atomic mass is 9.99. The van der Waals surface area contributed by atoms with Gasteiger partial charge in [-0.15, -0.1) is 0 Å². The summed E-state index contributed by atoms with van der Waals surface area (Å²) in [6.45, 7) is 4.28. The fourth-order valence-corrected chi connectivity index (χ4v) is 3.58. The van der Waals surface area contributed by atoms with E-state index in [4.69, 9.17) is 0 Å². The molecule has 1 aliphatic heterocycles. The maximum atomic E-state index is 13.0. The smallest absolute Gasteiger partial charge is 0.274 e. The van der Waals surface area contributed by atoms with E-state index < -0.39 is 5.91 Å². The number of nitrogens with one attached hydrogen (secondary N) is 2. The topological polar surface area (TPSA) is 91.4 Å². The molecule has 1 aliphatic rings. The van der Waals surface area contributed by atoms with Gasteiger partial charge in [0.25, 0.3) is 11.8 Å². The minimum absolute atomic E-state index is 0.0485. The number of hydrogen-bond donors (Lipinski definition) is 2. The first kappa shape index (κ1) is 20.5. The first-order chi connectivity index (χ1) is 14.0. The number of carbonyl (C=O) groups excluding carboxylic acids is 3. The van der Waals surface area contributed by atoms with Gasteiger partial charge in [0.15, 0.2) is 0 Å². The highest BCUT2D eigenvalue weighted by Gasteiger charge is 2.26. The second-order valence-corrected chi connectivity index (χ2v) is 7.20. The molecular formula is C22H26N4O3. The fourth-order valence-electron chi connectivity index (χ4n) is 3.58. The molecule has 7 heteroatoms. The first-order valence-corrected chi connectivity index (χ1v) is 9.94. The van der Waals surface area contributed by atoms with E-state index in [1.54, 1.807) is 36.4 Å². The second kappa shape index (κ2) is 9.32. The van der Waals surface area contributed by atoms with Gasteiger partial charge in [-0.2, -0.15) is 0 Å². The predicted octanol–water partition coefficient (Wildman–Crippen LogP) is 3.70. The summed E-state index contributed by atoms with van der Waals surface area (Å²) in [7, 11) is 0. The van der Waals surface area contributed by atoms with Crippen LogP contribution in [0.25, 0.3) is 0 Å². The van der Waals surface area contributed by atoms with Crippen LogP contribution in [0, 0.1) is 0 Å². The number of carbonyl (C=O) groups is 3. The van der Waals surface area contributed by atoms with Crippen molar-refractivity contribution < 1.29 is 14.4 Å². The number of benzene rings is 1. The fraction of sp³-hybridized carbons (Fsp3) is 0.364. The Hall–Kier alpha value is -3.22. The lowest BCUT2D eigenvalue weighted by molar-refractivity contribution is -0.114. The summed E-state index contributed by atoms with van der Waals surface area (Å²) in [6, 6.07) is 10.2.